The van der Waals surface area contributed by atoms with Crippen LogP contribution in [-0.4, -0.2) is 54.5 Å². The number of aromatic nitrogens is 1. The molecule has 0 unspecified atom stereocenters. The molecule has 170 valence electrons. The number of rotatable bonds is 6. The Balaban J connectivity index is 1.25. The third-order valence-corrected chi connectivity index (χ3v) is 5.67. The molecule has 1 aliphatic rings. The van der Waals surface area contributed by atoms with Crippen LogP contribution in [0, 0.1) is 6.92 Å². The normalized spacial score (nSPS) is 13.5. The second kappa shape index (κ2) is 10.4. The molecule has 1 aromatic heterocycles. The summed E-state index contributed by atoms with van der Waals surface area (Å²) in [6.45, 7) is 4.48. The fourth-order valence-corrected chi connectivity index (χ4v) is 3.71. The van der Waals surface area contributed by atoms with Gasteiger partial charge in [0, 0.05) is 36.8 Å². The van der Waals surface area contributed by atoms with Crippen molar-refractivity contribution in [2.75, 3.05) is 43.0 Å². The van der Waals surface area contributed by atoms with E-state index in [2.05, 4.69) is 15.2 Å². The van der Waals surface area contributed by atoms with Gasteiger partial charge in [-0.15, -0.1) is 0 Å². The van der Waals surface area contributed by atoms with Crippen molar-refractivity contribution in [3.05, 3.63) is 83.0 Å². The van der Waals surface area contributed by atoms with Gasteiger partial charge in [-0.05, 0) is 49.4 Å². The molecule has 0 atom stereocenters. The minimum atomic E-state index is -0.170. The van der Waals surface area contributed by atoms with Gasteiger partial charge in [-0.25, -0.2) is 4.98 Å². The summed E-state index contributed by atoms with van der Waals surface area (Å²) in [6, 6.07) is 18.1. The van der Waals surface area contributed by atoms with Crippen LogP contribution in [-0.2, 0) is 4.79 Å². The van der Waals surface area contributed by atoms with E-state index in [0.717, 1.165) is 11.4 Å². The highest BCUT2D eigenvalue weighted by molar-refractivity contribution is 6.30. The lowest BCUT2D eigenvalue weighted by atomic mass is 10.1. The largest absolute Gasteiger partial charge is 0.484 e. The van der Waals surface area contributed by atoms with Crippen molar-refractivity contribution in [1.82, 2.24) is 9.88 Å². The standard InChI is InChI=1S/C25H25ClN4O3/c1-18-5-7-19(8-6-18)25(32)28-21-9-10-23(27-16-21)29-11-13-30(14-12-29)24(31)17-33-22-4-2-3-20(26)15-22/h2-10,15-16H,11-14,17H2,1H3,(H,28,32). The van der Waals surface area contributed by atoms with Crippen LogP contribution in [0.3, 0.4) is 0 Å². The van der Waals surface area contributed by atoms with Crippen molar-refractivity contribution in [1.29, 1.82) is 0 Å². The Kier molecular flexibility index (Phi) is 7.10. The zero-order valence-corrected chi connectivity index (χ0v) is 19.1. The van der Waals surface area contributed by atoms with Crippen LogP contribution in [0.2, 0.25) is 5.02 Å². The Morgan fingerprint density at radius 3 is 2.45 bits per heavy atom. The van der Waals surface area contributed by atoms with Gasteiger partial charge in [0.2, 0.25) is 0 Å². The minimum absolute atomic E-state index is 0.0199. The first-order chi connectivity index (χ1) is 16.0. The first kappa shape index (κ1) is 22.6. The third kappa shape index (κ3) is 6.02. The summed E-state index contributed by atoms with van der Waals surface area (Å²) in [5, 5.41) is 3.44. The fourth-order valence-electron chi connectivity index (χ4n) is 3.53. The average molecular weight is 465 g/mol. The van der Waals surface area contributed by atoms with Crippen molar-refractivity contribution < 1.29 is 14.3 Å². The van der Waals surface area contributed by atoms with Crippen LogP contribution in [0.25, 0.3) is 0 Å². The number of nitrogens with zero attached hydrogens (tertiary/aromatic N) is 3. The summed E-state index contributed by atoms with van der Waals surface area (Å²) in [6.07, 6.45) is 1.65. The van der Waals surface area contributed by atoms with Crippen molar-refractivity contribution >= 4 is 34.9 Å². The molecule has 1 saturated heterocycles. The Morgan fingerprint density at radius 2 is 1.79 bits per heavy atom. The van der Waals surface area contributed by atoms with Crippen LogP contribution in [0.4, 0.5) is 11.5 Å². The SMILES string of the molecule is Cc1ccc(C(=O)Nc2ccc(N3CCN(C(=O)COc4cccc(Cl)c4)CC3)nc2)cc1. The second-order valence-electron chi connectivity index (χ2n) is 7.84. The van der Waals surface area contributed by atoms with E-state index in [9.17, 15) is 9.59 Å². The molecule has 1 aliphatic heterocycles. The van der Waals surface area contributed by atoms with Gasteiger partial charge in [-0.3, -0.25) is 9.59 Å². The van der Waals surface area contributed by atoms with Crippen LogP contribution in [0.5, 0.6) is 5.75 Å². The molecule has 1 N–H and O–H groups in total. The number of anilines is 2. The summed E-state index contributed by atoms with van der Waals surface area (Å²) in [4.78, 5) is 33.2. The number of nitrogens with one attached hydrogen (secondary N) is 1. The molecule has 0 radical (unpaired) electrons. The smallest absolute Gasteiger partial charge is 0.260 e. The van der Waals surface area contributed by atoms with E-state index in [4.69, 9.17) is 16.3 Å². The number of hydrogen-bond acceptors (Lipinski definition) is 5. The molecule has 2 heterocycles. The highest BCUT2D eigenvalue weighted by Gasteiger charge is 2.22. The zero-order chi connectivity index (χ0) is 23.2. The molecule has 8 heteroatoms. The van der Waals surface area contributed by atoms with Crippen molar-refractivity contribution in [2.24, 2.45) is 0 Å². The molecule has 1 fully saturated rings. The summed E-state index contributed by atoms with van der Waals surface area (Å²) < 4.78 is 5.56. The predicted octanol–water partition coefficient (Wildman–Crippen LogP) is 4.02. The van der Waals surface area contributed by atoms with E-state index < -0.39 is 0 Å². The number of ether oxygens (including phenoxy) is 1. The van der Waals surface area contributed by atoms with Gasteiger partial charge in [-0.2, -0.15) is 0 Å². The Bertz CT molecular complexity index is 1110. The van der Waals surface area contributed by atoms with Crippen LogP contribution in [0.15, 0.2) is 66.9 Å². The maximum Gasteiger partial charge on any atom is 0.260 e. The van der Waals surface area contributed by atoms with Gasteiger partial charge in [0.05, 0.1) is 11.9 Å². The topological polar surface area (TPSA) is 74.8 Å². The molecule has 0 saturated carbocycles. The first-order valence-corrected chi connectivity index (χ1v) is 11.1. The zero-order valence-electron chi connectivity index (χ0n) is 18.3. The monoisotopic (exact) mass is 464 g/mol. The van der Waals surface area contributed by atoms with Gasteiger partial charge < -0.3 is 19.9 Å². The van der Waals surface area contributed by atoms with Crippen LogP contribution >= 0.6 is 11.6 Å². The molecule has 3 aromatic rings. The molecule has 0 spiro atoms. The van der Waals surface area contributed by atoms with E-state index in [0.29, 0.717) is 48.2 Å². The second-order valence-corrected chi connectivity index (χ2v) is 8.28. The lowest BCUT2D eigenvalue weighted by Gasteiger charge is -2.35. The van der Waals surface area contributed by atoms with Gasteiger partial charge in [0.1, 0.15) is 11.6 Å². The number of aryl methyl sites for hydroxylation is 1. The van der Waals surface area contributed by atoms with Crippen LogP contribution in [0.1, 0.15) is 15.9 Å². The number of hydrogen-bond donors (Lipinski definition) is 1. The van der Waals surface area contributed by atoms with Gasteiger partial charge in [0.25, 0.3) is 11.8 Å². The van der Waals surface area contributed by atoms with E-state index in [1.54, 1.807) is 47.5 Å². The molecular formula is C25H25ClN4O3. The number of carbonyl (C=O) groups excluding carboxylic acids is 2. The highest BCUT2D eigenvalue weighted by atomic mass is 35.5. The van der Waals surface area contributed by atoms with Gasteiger partial charge >= 0.3 is 0 Å². The third-order valence-electron chi connectivity index (χ3n) is 5.43. The molecule has 7 nitrogen and oxygen atoms in total. The highest BCUT2D eigenvalue weighted by Crippen LogP contribution is 2.19. The Morgan fingerprint density at radius 1 is 1.03 bits per heavy atom. The van der Waals surface area contributed by atoms with E-state index in [1.165, 1.54) is 0 Å². The molecule has 4 rings (SSSR count). The molecule has 0 bridgehead atoms. The maximum atomic E-state index is 12.5. The summed E-state index contributed by atoms with van der Waals surface area (Å²) in [5.41, 5.74) is 2.34. The van der Waals surface area contributed by atoms with Crippen molar-refractivity contribution in [3.63, 3.8) is 0 Å². The molecule has 2 amide bonds. The molecule has 33 heavy (non-hydrogen) atoms. The minimum Gasteiger partial charge on any atom is -0.484 e. The van der Waals surface area contributed by atoms with E-state index >= 15 is 0 Å². The molecule has 2 aromatic carbocycles. The average Bonchev–Trinajstić information content (AvgIpc) is 2.83. The maximum absolute atomic E-state index is 12.5. The summed E-state index contributed by atoms with van der Waals surface area (Å²) in [5.74, 6) is 1.16. The number of pyridine rings is 1. The number of amides is 2. The van der Waals surface area contributed by atoms with E-state index in [-0.39, 0.29) is 18.4 Å². The molecule has 0 aliphatic carbocycles. The quantitative estimate of drug-likeness (QED) is 0.596. The van der Waals surface area contributed by atoms with Crippen LogP contribution < -0.4 is 15.0 Å². The summed E-state index contributed by atoms with van der Waals surface area (Å²) >= 11 is 5.94. The lowest BCUT2D eigenvalue weighted by Crippen LogP contribution is -2.50. The van der Waals surface area contributed by atoms with Gasteiger partial charge in [-0.1, -0.05) is 35.4 Å². The fraction of sp³-hybridized carbons (Fsp3) is 0.240. The van der Waals surface area contributed by atoms with E-state index in [1.807, 2.05) is 31.2 Å². The predicted molar refractivity (Wildman–Crippen MR) is 129 cm³/mol. The number of halogens is 1. The Labute approximate surface area is 197 Å². The van der Waals surface area contributed by atoms with Gasteiger partial charge in [0.15, 0.2) is 6.61 Å². The number of carbonyl (C=O) groups is 2. The van der Waals surface area contributed by atoms with Crippen molar-refractivity contribution in [2.45, 2.75) is 6.92 Å². The summed E-state index contributed by atoms with van der Waals surface area (Å²) in [7, 11) is 0. The number of piperazine rings is 1. The lowest BCUT2D eigenvalue weighted by molar-refractivity contribution is -0.133. The first-order valence-electron chi connectivity index (χ1n) is 10.7. The van der Waals surface area contributed by atoms with Crippen molar-refractivity contribution in [3.8, 4) is 5.75 Å². The number of benzene rings is 2. The molecular weight excluding hydrogens is 440 g/mol. The Hall–Kier alpha value is -3.58.